The first-order valence-electron chi connectivity index (χ1n) is 4.64. The van der Waals surface area contributed by atoms with Crippen molar-refractivity contribution in [1.29, 1.82) is 0 Å². The van der Waals surface area contributed by atoms with Crippen LogP contribution in [0.15, 0.2) is 12.7 Å². The summed E-state index contributed by atoms with van der Waals surface area (Å²) in [5.41, 5.74) is 0. The fourth-order valence-electron chi connectivity index (χ4n) is 1.37. The van der Waals surface area contributed by atoms with Gasteiger partial charge in [0.15, 0.2) is 6.29 Å². The predicted octanol–water partition coefficient (Wildman–Crippen LogP) is -2.01. The Morgan fingerprint density at radius 3 is 2.40 bits per heavy atom. The Bertz CT molecular complexity index is 207. The van der Waals surface area contributed by atoms with Crippen molar-refractivity contribution in [1.82, 2.24) is 0 Å². The van der Waals surface area contributed by atoms with Crippen molar-refractivity contribution in [3.05, 3.63) is 12.7 Å². The van der Waals surface area contributed by atoms with Gasteiger partial charge in [0, 0.05) is 0 Å². The molecular weight excluding hydrogens is 204 g/mol. The molecule has 0 bridgehead atoms. The van der Waals surface area contributed by atoms with Crippen LogP contribution in [-0.2, 0) is 9.47 Å². The summed E-state index contributed by atoms with van der Waals surface area (Å²) < 4.78 is 10.1. The van der Waals surface area contributed by atoms with Crippen molar-refractivity contribution in [2.24, 2.45) is 0 Å². The molecule has 5 atom stereocenters. The molecule has 1 aliphatic heterocycles. The van der Waals surface area contributed by atoms with Crippen LogP contribution in [0.2, 0.25) is 0 Å². The third kappa shape index (κ3) is 2.75. The van der Waals surface area contributed by atoms with Crippen molar-refractivity contribution in [3.8, 4) is 0 Å². The van der Waals surface area contributed by atoms with Crippen LogP contribution in [0.3, 0.4) is 0 Å². The highest BCUT2D eigenvalue weighted by molar-refractivity contribution is 4.89. The zero-order valence-electron chi connectivity index (χ0n) is 8.19. The van der Waals surface area contributed by atoms with E-state index in [0.29, 0.717) is 0 Å². The normalized spacial score (nSPS) is 41.5. The van der Waals surface area contributed by atoms with Crippen molar-refractivity contribution in [3.63, 3.8) is 0 Å². The highest BCUT2D eigenvalue weighted by Crippen LogP contribution is 2.21. The zero-order valence-corrected chi connectivity index (χ0v) is 8.19. The molecule has 1 aliphatic rings. The molecule has 0 saturated carbocycles. The lowest BCUT2D eigenvalue weighted by atomic mass is 9.99. The third-order valence-corrected chi connectivity index (χ3v) is 2.23. The lowest BCUT2D eigenvalue weighted by molar-refractivity contribution is -0.298. The molecule has 1 rings (SSSR count). The van der Waals surface area contributed by atoms with Gasteiger partial charge in [0.05, 0.1) is 13.2 Å². The average Bonchev–Trinajstić information content (AvgIpc) is 2.25. The standard InChI is InChI=1S/C9H16O6/c1-2-3-14-9-8(13)7(12)6(11)5(4-10)15-9/h2,5-13H,1,3-4H2/t5-,6+,7+,8+,9+/m0/s1. The minimum absolute atomic E-state index is 0.142. The molecule has 6 heteroatoms. The highest BCUT2D eigenvalue weighted by atomic mass is 16.7. The molecule has 1 fully saturated rings. The van der Waals surface area contributed by atoms with Gasteiger partial charge in [-0.05, 0) is 0 Å². The van der Waals surface area contributed by atoms with Gasteiger partial charge in [0.1, 0.15) is 24.4 Å². The quantitative estimate of drug-likeness (QED) is 0.408. The Kier molecular flexibility index (Phi) is 4.65. The maximum atomic E-state index is 9.47. The first-order chi connectivity index (χ1) is 7.11. The van der Waals surface area contributed by atoms with E-state index in [1.807, 2.05) is 0 Å². The molecule has 88 valence electrons. The summed E-state index contributed by atoms with van der Waals surface area (Å²) in [7, 11) is 0. The van der Waals surface area contributed by atoms with E-state index in [-0.39, 0.29) is 6.61 Å². The van der Waals surface area contributed by atoms with Gasteiger partial charge in [-0.25, -0.2) is 0 Å². The predicted molar refractivity (Wildman–Crippen MR) is 49.9 cm³/mol. The summed E-state index contributed by atoms with van der Waals surface area (Å²) in [6.45, 7) is 3.10. The summed E-state index contributed by atoms with van der Waals surface area (Å²) >= 11 is 0. The van der Waals surface area contributed by atoms with Gasteiger partial charge in [-0.2, -0.15) is 0 Å². The third-order valence-electron chi connectivity index (χ3n) is 2.23. The van der Waals surface area contributed by atoms with Crippen LogP contribution in [0.1, 0.15) is 0 Å². The molecule has 1 saturated heterocycles. The largest absolute Gasteiger partial charge is 0.394 e. The molecule has 0 unspecified atom stereocenters. The fraction of sp³-hybridized carbons (Fsp3) is 0.778. The Morgan fingerprint density at radius 1 is 1.20 bits per heavy atom. The highest BCUT2D eigenvalue weighted by Gasteiger charge is 2.43. The number of ether oxygens (including phenoxy) is 2. The molecule has 6 nitrogen and oxygen atoms in total. The van der Waals surface area contributed by atoms with E-state index >= 15 is 0 Å². The summed E-state index contributed by atoms with van der Waals surface area (Å²) in [5, 5.41) is 37.1. The lowest BCUT2D eigenvalue weighted by Gasteiger charge is -2.39. The number of rotatable bonds is 4. The van der Waals surface area contributed by atoms with Crippen molar-refractivity contribution < 1.29 is 29.9 Å². The maximum absolute atomic E-state index is 9.47. The van der Waals surface area contributed by atoms with Gasteiger partial charge in [0.25, 0.3) is 0 Å². The van der Waals surface area contributed by atoms with E-state index in [1.165, 1.54) is 6.08 Å². The number of aliphatic hydroxyl groups is 4. The van der Waals surface area contributed by atoms with Crippen LogP contribution < -0.4 is 0 Å². The maximum Gasteiger partial charge on any atom is 0.187 e. The summed E-state index contributed by atoms with van der Waals surface area (Å²) in [6, 6.07) is 0. The Labute approximate surface area is 87.4 Å². The average molecular weight is 220 g/mol. The zero-order chi connectivity index (χ0) is 11.4. The minimum Gasteiger partial charge on any atom is -0.394 e. The van der Waals surface area contributed by atoms with Gasteiger partial charge in [-0.3, -0.25) is 0 Å². The number of hydrogen-bond donors (Lipinski definition) is 4. The Balaban J connectivity index is 2.60. The second-order valence-electron chi connectivity index (χ2n) is 3.32. The van der Waals surface area contributed by atoms with Crippen LogP contribution in [0, 0.1) is 0 Å². The van der Waals surface area contributed by atoms with Crippen LogP contribution in [0.4, 0.5) is 0 Å². The Morgan fingerprint density at radius 2 is 1.87 bits per heavy atom. The summed E-state index contributed by atoms with van der Waals surface area (Å²) in [4.78, 5) is 0. The molecule has 0 aliphatic carbocycles. The van der Waals surface area contributed by atoms with Gasteiger partial charge in [0.2, 0.25) is 0 Å². The molecule has 0 amide bonds. The molecule has 0 aromatic heterocycles. The van der Waals surface area contributed by atoms with Crippen LogP contribution in [0.5, 0.6) is 0 Å². The molecule has 0 spiro atoms. The minimum atomic E-state index is -1.40. The second-order valence-corrected chi connectivity index (χ2v) is 3.32. The fourth-order valence-corrected chi connectivity index (χ4v) is 1.37. The van der Waals surface area contributed by atoms with Gasteiger partial charge >= 0.3 is 0 Å². The van der Waals surface area contributed by atoms with Crippen molar-refractivity contribution in [2.45, 2.75) is 30.7 Å². The van der Waals surface area contributed by atoms with Crippen LogP contribution in [0.25, 0.3) is 0 Å². The molecule has 1 heterocycles. The van der Waals surface area contributed by atoms with E-state index < -0.39 is 37.3 Å². The Hall–Kier alpha value is -0.500. The van der Waals surface area contributed by atoms with Gasteiger partial charge in [-0.15, -0.1) is 6.58 Å². The van der Waals surface area contributed by atoms with E-state index in [1.54, 1.807) is 0 Å². The van der Waals surface area contributed by atoms with E-state index in [4.69, 9.17) is 14.6 Å². The van der Waals surface area contributed by atoms with Gasteiger partial charge < -0.3 is 29.9 Å². The van der Waals surface area contributed by atoms with Crippen LogP contribution in [-0.4, -0.2) is 64.3 Å². The van der Waals surface area contributed by atoms with E-state index in [2.05, 4.69) is 6.58 Å². The topological polar surface area (TPSA) is 99.4 Å². The monoisotopic (exact) mass is 220 g/mol. The molecule has 4 N–H and O–H groups in total. The van der Waals surface area contributed by atoms with Gasteiger partial charge in [-0.1, -0.05) is 6.08 Å². The van der Waals surface area contributed by atoms with E-state index in [9.17, 15) is 15.3 Å². The second kappa shape index (κ2) is 5.55. The SMILES string of the molecule is C=CCO[C@@H]1O[C@@H](CO)[C@@H](O)[C@@H](O)[C@H]1O. The first-order valence-corrected chi connectivity index (χ1v) is 4.64. The van der Waals surface area contributed by atoms with E-state index in [0.717, 1.165) is 0 Å². The first kappa shape index (κ1) is 12.6. The summed E-state index contributed by atoms with van der Waals surface area (Å²) in [5.74, 6) is 0. The molecular formula is C9H16O6. The summed E-state index contributed by atoms with van der Waals surface area (Å²) in [6.07, 6.45) is -4.64. The lowest BCUT2D eigenvalue weighted by Crippen LogP contribution is -2.59. The smallest absolute Gasteiger partial charge is 0.187 e. The molecule has 0 aromatic carbocycles. The molecule has 0 aromatic rings. The number of hydrogen-bond acceptors (Lipinski definition) is 6. The molecule has 15 heavy (non-hydrogen) atoms. The van der Waals surface area contributed by atoms with Crippen LogP contribution >= 0.6 is 0 Å². The number of aliphatic hydroxyl groups excluding tert-OH is 4. The molecule has 0 radical (unpaired) electrons. The van der Waals surface area contributed by atoms with Crippen molar-refractivity contribution in [2.75, 3.05) is 13.2 Å². The van der Waals surface area contributed by atoms with Crippen molar-refractivity contribution >= 4 is 0 Å².